The number of phenolic OH excluding ortho intramolecular Hbond substituents is 1. The number of nitro groups is 2. The number of anilines is 1. The third kappa shape index (κ3) is 11.2. The summed E-state index contributed by atoms with van der Waals surface area (Å²) in [6.07, 6.45) is 2.95. The van der Waals surface area contributed by atoms with Crippen molar-refractivity contribution in [2.45, 2.75) is 34.1 Å². The normalized spacial score (nSPS) is 10.6. The Morgan fingerprint density at radius 1 is 0.797 bits per heavy atom. The first-order valence-electron chi connectivity index (χ1n) is 17.2. The Balaban J connectivity index is 0.000000291. The zero-order valence-corrected chi connectivity index (χ0v) is 33.4. The maximum Gasteiger partial charge on any atom is 0.335 e. The number of nitrogen functional groups attached to an aromatic ring is 1. The second-order valence-corrected chi connectivity index (χ2v) is 12.2. The van der Waals surface area contributed by atoms with Gasteiger partial charge in [-0.1, -0.05) is 45.1 Å². The molecule has 0 radical (unpaired) electrons. The maximum absolute atomic E-state index is 11.0. The van der Waals surface area contributed by atoms with Gasteiger partial charge < -0.3 is 21.1 Å². The van der Waals surface area contributed by atoms with Crippen LogP contribution in [0.25, 0.3) is 17.5 Å². The predicted molar refractivity (Wildman–Crippen MR) is 216 cm³/mol. The molecule has 6 aromatic rings. The van der Waals surface area contributed by atoms with E-state index in [2.05, 4.69) is 58.0 Å². The topological polar surface area (TPSA) is 275 Å². The van der Waals surface area contributed by atoms with Crippen molar-refractivity contribution in [3.63, 3.8) is 0 Å². The van der Waals surface area contributed by atoms with Gasteiger partial charge >= 0.3 is 5.97 Å². The Morgan fingerprint density at radius 3 is 1.83 bits per heavy atom. The van der Waals surface area contributed by atoms with Gasteiger partial charge in [-0.15, -0.1) is 10.2 Å². The number of nitrogens with zero attached hydrogens (tertiary/aromatic N) is 10. The summed E-state index contributed by atoms with van der Waals surface area (Å²) in [6.45, 7) is 15.0. The minimum Gasteiger partial charge on any atom is -0.506 e. The maximum atomic E-state index is 11.0. The van der Waals surface area contributed by atoms with E-state index < -0.39 is 15.8 Å². The second-order valence-electron chi connectivity index (χ2n) is 12.2. The van der Waals surface area contributed by atoms with Gasteiger partial charge in [-0.25, -0.2) is 14.6 Å². The zero-order chi connectivity index (χ0) is 42.7. The van der Waals surface area contributed by atoms with Crippen molar-refractivity contribution in [3.8, 4) is 23.0 Å². The molecule has 2 heterocycles. The number of phenols is 1. The molecule has 4 aromatic carbocycles. The number of hydrogen-bond acceptors (Lipinski definition) is 14. The van der Waals surface area contributed by atoms with Crippen LogP contribution in [0.3, 0.4) is 0 Å². The molecule has 0 aliphatic heterocycles. The number of benzene rings is 4. The molecule has 0 aliphatic rings. The molecule has 304 valence electrons. The monoisotopic (exact) mass is 840 g/mol. The van der Waals surface area contributed by atoms with Crippen molar-refractivity contribution in [3.05, 3.63) is 147 Å². The molecular formula is C39H38CrN11O8-. The van der Waals surface area contributed by atoms with Crippen LogP contribution < -0.4 is 5.73 Å². The number of azo groups is 2. The van der Waals surface area contributed by atoms with Gasteiger partial charge in [0.2, 0.25) is 11.6 Å². The average molecular weight is 841 g/mol. The molecule has 5 N–H and O–H groups in total. The molecule has 0 saturated carbocycles. The van der Waals surface area contributed by atoms with E-state index in [9.17, 15) is 35.2 Å². The van der Waals surface area contributed by atoms with Crippen molar-refractivity contribution in [1.29, 1.82) is 0 Å². The standard InChI is InChI=1S/C18H15N6O4.C18H15N5O4.C3H8.Cr/c1-10-3-6-14(24(27)28)9-15(10)20-21-16-11(2)22-23(17(16)19)13-7-4-12(5-8-13)18(25)26;1-3-12-4-6-13(7-5-12)22-18(25)17(11(2)21-22)20-19-15-10-14(23(26)27)8-9-16(15)24;1-3-2;/h3-9H,1,19H2,2H3,(H,25,26);3-10,24-25H,1H2,2H3;3H2,1-2H3;/q-1;;;. The Morgan fingerprint density at radius 2 is 1.27 bits per heavy atom. The van der Waals surface area contributed by atoms with Crippen molar-refractivity contribution < 1.29 is 47.3 Å². The summed E-state index contributed by atoms with van der Waals surface area (Å²) in [7, 11) is 0. The number of nitrogens with two attached hydrogens (primary N) is 1. The van der Waals surface area contributed by atoms with Crippen LogP contribution in [0.5, 0.6) is 11.6 Å². The van der Waals surface area contributed by atoms with Gasteiger partial charge in [0.05, 0.1) is 38.2 Å². The van der Waals surface area contributed by atoms with Crippen LogP contribution in [-0.4, -0.2) is 50.7 Å². The van der Waals surface area contributed by atoms with Crippen molar-refractivity contribution >= 4 is 52.0 Å². The third-order valence-corrected chi connectivity index (χ3v) is 7.77. The van der Waals surface area contributed by atoms with E-state index in [-0.39, 0.29) is 68.8 Å². The average Bonchev–Trinajstić information content (AvgIpc) is 3.65. The Kier molecular flexibility index (Phi) is 15.9. The Bertz CT molecular complexity index is 2530. The molecular weight excluding hydrogens is 802 g/mol. The summed E-state index contributed by atoms with van der Waals surface area (Å²) in [5.74, 6) is -1.35. The number of aromatic hydroxyl groups is 2. The van der Waals surface area contributed by atoms with Crippen LogP contribution in [0, 0.1) is 41.0 Å². The van der Waals surface area contributed by atoms with Gasteiger partial charge in [-0.2, -0.15) is 38.5 Å². The van der Waals surface area contributed by atoms with E-state index in [0.29, 0.717) is 34.0 Å². The zero-order valence-electron chi connectivity index (χ0n) is 32.1. The first-order chi connectivity index (χ1) is 27.6. The van der Waals surface area contributed by atoms with E-state index in [0.717, 1.165) is 23.8 Å². The summed E-state index contributed by atoms with van der Waals surface area (Å²) in [4.78, 5) is 31.6. The number of hydrogen-bond donors (Lipinski definition) is 4. The van der Waals surface area contributed by atoms with Crippen LogP contribution in [0.15, 0.2) is 112 Å². The van der Waals surface area contributed by atoms with Gasteiger partial charge in [0.25, 0.3) is 5.69 Å². The molecule has 0 bridgehead atoms. The first-order valence-corrected chi connectivity index (χ1v) is 17.2. The molecule has 0 amide bonds. The minimum atomic E-state index is -1.04. The van der Waals surface area contributed by atoms with Crippen LogP contribution in [-0.2, 0) is 17.4 Å². The molecule has 19 nitrogen and oxygen atoms in total. The molecule has 0 saturated heterocycles. The SMILES string of the molecule is C=Cc1ccc(-n2nc(C)c(N=Nc3cc([N+](=O)[O-])ccc3O)c2O)cc1.CCC.[CH2-]c1ccc([N+](=O)[O-])cc1N=Nc1c(C)nn(-c2ccc(C(=O)O)cc2)c1N.[Cr]. The van der Waals surface area contributed by atoms with Crippen LogP contribution in [0.1, 0.15) is 53.1 Å². The second kappa shape index (κ2) is 20.5. The fourth-order valence-corrected chi connectivity index (χ4v) is 4.83. The number of aromatic carboxylic acids is 1. The van der Waals surface area contributed by atoms with Gasteiger partial charge in [0.1, 0.15) is 17.1 Å². The van der Waals surface area contributed by atoms with Gasteiger partial charge in [0.15, 0.2) is 11.5 Å². The fraction of sp³-hybridized carbons (Fsp3) is 0.128. The van der Waals surface area contributed by atoms with E-state index in [1.54, 1.807) is 44.2 Å². The van der Waals surface area contributed by atoms with Crippen molar-refractivity contribution in [2.24, 2.45) is 20.5 Å². The molecule has 0 aliphatic carbocycles. The summed E-state index contributed by atoms with van der Waals surface area (Å²) < 4.78 is 2.71. The van der Waals surface area contributed by atoms with E-state index in [1.165, 1.54) is 46.1 Å². The third-order valence-electron chi connectivity index (χ3n) is 7.77. The van der Waals surface area contributed by atoms with E-state index >= 15 is 0 Å². The minimum absolute atomic E-state index is 0. The number of aromatic nitrogens is 4. The molecule has 0 spiro atoms. The fourth-order valence-electron chi connectivity index (χ4n) is 4.83. The number of carboxylic acid groups (broad SMARTS) is 1. The number of aryl methyl sites for hydroxylation is 2. The summed E-state index contributed by atoms with van der Waals surface area (Å²) in [6, 6.07) is 20.7. The van der Waals surface area contributed by atoms with Gasteiger partial charge in [-0.3, -0.25) is 20.2 Å². The van der Waals surface area contributed by atoms with Gasteiger partial charge in [-0.05, 0) is 79.7 Å². The van der Waals surface area contributed by atoms with Crippen molar-refractivity contribution in [2.75, 3.05) is 5.73 Å². The molecule has 6 rings (SSSR count). The number of carbonyl (C=O) groups is 1. The largest absolute Gasteiger partial charge is 0.506 e. The predicted octanol–water partition coefficient (Wildman–Crippen LogP) is 9.94. The molecule has 0 unspecified atom stereocenters. The number of rotatable bonds is 10. The molecule has 20 heteroatoms. The summed E-state index contributed by atoms with van der Waals surface area (Å²) in [5.41, 5.74) is 9.89. The first kappa shape index (κ1) is 45.7. The van der Waals surface area contributed by atoms with E-state index in [1.807, 2.05) is 12.1 Å². The Hall–Kier alpha value is -7.69. The van der Waals surface area contributed by atoms with Crippen LogP contribution >= 0.6 is 0 Å². The van der Waals surface area contributed by atoms with E-state index in [4.69, 9.17) is 10.8 Å². The number of carboxylic acids is 1. The smallest absolute Gasteiger partial charge is 0.335 e. The summed E-state index contributed by atoms with van der Waals surface area (Å²) in [5, 5.41) is 75.4. The number of non-ortho nitro benzene ring substituents is 2. The molecule has 59 heavy (non-hydrogen) atoms. The van der Waals surface area contributed by atoms with Crippen molar-refractivity contribution in [1.82, 2.24) is 19.6 Å². The Labute approximate surface area is 347 Å². The number of nitro benzene ring substituents is 2. The van der Waals surface area contributed by atoms with Gasteiger partial charge in [0, 0.05) is 29.5 Å². The molecule has 2 aromatic heterocycles. The molecule has 0 atom stereocenters. The summed E-state index contributed by atoms with van der Waals surface area (Å²) >= 11 is 0. The quantitative estimate of drug-likeness (QED) is 0.0436. The van der Waals surface area contributed by atoms with Crippen LogP contribution in [0.4, 0.5) is 39.9 Å². The molecule has 0 fully saturated rings. The van der Waals surface area contributed by atoms with Crippen LogP contribution in [0.2, 0.25) is 0 Å².